The van der Waals surface area contributed by atoms with Crippen LogP contribution >= 0.6 is 0 Å². The first kappa shape index (κ1) is 13.0. The number of fused-ring (bicyclic) bond motifs is 1. The highest BCUT2D eigenvalue weighted by Gasteiger charge is 2.29. The highest BCUT2D eigenvalue weighted by atomic mass is 16.2. The number of carbonyl (C=O) groups is 1. The van der Waals surface area contributed by atoms with Gasteiger partial charge in [0.05, 0.1) is 18.2 Å². The van der Waals surface area contributed by atoms with Crippen LogP contribution in [0.2, 0.25) is 0 Å². The number of nitrogens with zero attached hydrogens (tertiary/aromatic N) is 6. The molecule has 4 rings (SSSR count). The molecule has 0 bridgehead atoms. The van der Waals surface area contributed by atoms with Crippen molar-refractivity contribution >= 4 is 11.6 Å². The van der Waals surface area contributed by atoms with Crippen molar-refractivity contribution in [3.05, 3.63) is 48.7 Å². The topological polar surface area (TPSA) is 68.3 Å². The van der Waals surface area contributed by atoms with Crippen molar-refractivity contribution in [1.29, 1.82) is 0 Å². The Balaban J connectivity index is 1.57. The van der Waals surface area contributed by atoms with Gasteiger partial charge in [-0.15, -0.1) is 10.2 Å². The zero-order chi connectivity index (χ0) is 14.9. The van der Waals surface area contributed by atoms with E-state index in [0.717, 1.165) is 31.6 Å². The summed E-state index contributed by atoms with van der Waals surface area (Å²) in [6, 6.07) is 5.74. The SMILES string of the molecule is O=C(c1ccc2nncn2c1)N1CCC[C@H]1Cn1cccn1. The molecule has 0 aliphatic carbocycles. The third kappa shape index (κ3) is 2.24. The van der Waals surface area contributed by atoms with E-state index in [1.165, 1.54) is 0 Å². The Morgan fingerprint density at radius 1 is 1.36 bits per heavy atom. The van der Waals surface area contributed by atoms with Crippen molar-refractivity contribution in [3.63, 3.8) is 0 Å². The van der Waals surface area contributed by atoms with Crippen molar-refractivity contribution in [1.82, 2.24) is 29.3 Å². The maximum Gasteiger partial charge on any atom is 0.255 e. The largest absolute Gasteiger partial charge is 0.334 e. The molecule has 1 atom stereocenters. The van der Waals surface area contributed by atoms with E-state index < -0.39 is 0 Å². The fraction of sp³-hybridized carbons (Fsp3) is 0.333. The summed E-state index contributed by atoms with van der Waals surface area (Å²) in [6.07, 6.45) is 9.15. The first-order valence-electron chi connectivity index (χ1n) is 7.39. The zero-order valence-corrected chi connectivity index (χ0v) is 12.0. The minimum Gasteiger partial charge on any atom is -0.334 e. The van der Waals surface area contributed by atoms with E-state index in [4.69, 9.17) is 0 Å². The molecule has 7 nitrogen and oxygen atoms in total. The number of amides is 1. The van der Waals surface area contributed by atoms with Crippen LogP contribution in [0.15, 0.2) is 43.1 Å². The molecule has 3 aromatic heterocycles. The minimum atomic E-state index is 0.0604. The summed E-state index contributed by atoms with van der Waals surface area (Å²) in [5.74, 6) is 0.0604. The summed E-state index contributed by atoms with van der Waals surface area (Å²) in [7, 11) is 0. The van der Waals surface area contributed by atoms with E-state index >= 15 is 0 Å². The first-order chi connectivity index (χ1) is 10.8. The average Bonchev–Trinajstić information content (AvgIpc) is 3.27. The van der Waals surface area contributed by atoms with Gasteiger partial charge in [0.1, 0.15) is 6.33 Å². The first-order valence-corrected chi connectivity index (χ1v) is 7.39. The highest BCUT2D eigenvalue weighted by molar-refractivity contribution is 5.94. The summed E-state index contributed by atoms with van der Waals surface area (Å²) in [5, 5.41) is 12.0. The number of pyridine rings is 1. The predicted molar refractivity (Wildman–Crippen MR) is 79.3 cm³/mol. The second-order valence-corrected chi connectivity index (χ2v) is 5.54. The predicted octanol–water partition coefficient (Wildman–Crippen LogP) is 1.23. The third-order valence-corrected chi connectivity index (χ3v) is 4.13. The number of carbonyl (C=O) groups excluding carboxylic acids is 1. The van der Waals surface area contributed by atoms with Gasteiger partial charge in [-0.3, -0.25) is 13.9 Å². The average molecular weight is 296 g/mol. The molecule has 4 heterocycles. The molecule has 0 spiro atoms. The zero-order valence-electron chi connectivity index (χ0n) is 12.0. The lowest BCUT2D eigenvalue weighted by Gasteiger charge is -2.24. The number of aromatic nitrogens is 5. The van der Waals surface area contributed by atoms with Crippen molar-refractivity contribution in [3.8, 4) is 0 Å². The van der Waals surface area contributed by atoms with Gasteiger partial charge in [0.25, 0.3) is 5.91 Å². The maximum atomic E-state index is 12.8. The Labute approximate surface area is 127 Å². The molecule has 1 saturated heterocycles. The Morgan fingerprint density at radius 2 is 2.32 bits per heavy atom. The molecule has 112 valence electrons. The van der Waals surface area contributed by atoms with E-state index in [-0.39, 0.29) is 11.9 Å². The Hall–Kier alpha value is -2.70. The molecular weight excluding hydrogens is 280 g/mol. The minimum absolute atomic E-state index is 0.0604. The summed E-state index contributed by atoms with van der Waals surface area (Å²) in [6.45, 7) is 1.54. The lowest BCUT2D eigenvalue weighted by molar-refractivity contribution is 0.0721. The van der Waals surface area contributed by atoms with E-state index in [0.29, 0.717) is 5.56 Å². The van der Waals surface area contributed by atoms with Gasteiger partial charge in [0.2, 0.25) is 0 Å². The fourth-order valence-electron chi connectivity index (χ4n) is 3.04. The van der Waals surface area contributed by atoms with Crippen LogP contribution in [-0.4, -0.2) is 47.8 Å². The summed E-state index contributed by atoms with van der Waals surface area (Å²) >= 11 is 0. The molecule has 0 aromatic carbocycles. The van der Waals surface area contributed by atoms with Gasteiger partial charge in [0.15, 0.2) is 5.65 Å². The van der Waals surface area contributed by atoms with Gasteiger partial charge in [-0.05, 0) is 31.0 Å². The Bertz CT molecular complexity index is 793. The molecule has 1 amide bonds. The van der Waals surface area contributed by atoms with Crippen LogP contribution in [0.25, 0.3) is 5.65 Å². The lowest BCUT2D eigenvalue weighted by Crippen LogP contribution is -2.38. The van der Waals surface area contributed by atoms with E-state index in [1.54, 1.807) is 23.1 Å². The van der Waals surface area contributed by atoms with Crippen LogP contribution in [-0.2, 0) is 6.54 Å². The molecule has 1 fully saturated rings. The van der Waals surface area contributed by atoms with Crippen LogP contribution in [0.5, 0.6) is 0 Å². The summed E-state index contributed by atoms with van der Waals surface area (Å²) < 4.78 is 3.66. The van der Waals surface area contributed by atoms with Crippen molar-refractivity contribution in [2.75, 3.05) is 6.54 Å². The number of rotatable bonds is 3. The van der Waals surface area contributed by atoms with Gasteiger partial charge in [-0.2, -0.15) is 5.10 Å². The molecular formula is C15H16N6O. The molecule has 7 heteroatoms. The molecule has 1 aliphatic rings. The van der Waals surface area contributed by atoms with Crippen LogP contribution in [0.1, 0.15) is 23.2 Å². The van der Waals surface area contributed by atoms with Crippen molar-refractivity contribution < 1.29 is 4.79 Å². The van der Waals surface area contributed by atoms with E-state index in [9.17, 15) is 4.79 Å². The van der Waals surface area contributed by atoms with E-state index in [1.807, 2.05) is 34.0 Å². The second-order valence-electron chi connectivity index (χ2n) is 5.54. The summed E-state index contributed by atoms with van der Waals surface area (Å²) in [4.78, 5) is 14.7. The molecule has 0 saturated carbocycles. The number of hydrogen-bond donors (Lipinski definition) is 0. The van der Waals surface area contributed by atoms with Crippen LogP contribution in [0.4, 0.5) is 0 Å². The number of likely N-dealkylation sites (tertiary alicyclic amines) is 1. The van der Waals surface area contributed by atoms with Gasteiger partial charge >= 0.3 is 0 Å². The third-order valence-electron chi connectivity index (χ3n) is 4.13. The van der Waals surface area contributed by atoms with Gasteiger partial charge < -0.3 is 4.90 Å². The van der Waals surface area contributed by atoms with Crippen LogP contribution < -0.4 is 0 Å². The molecule has 1 aliphatic heterocycles. The second kappa shape index (κ2) is 5.25. The quantitative estimate of drug-likeness (QED) is 0.729. The smallest absolute Gasteiger partial charge is 0.255 e. The molecule has 0 radical (unpaired) electrons. The molecule has 22 heavy (non-hydrogen) atoms. The van der Waals surface area contributed by atoms with Crippen molar-refractivity contribution in [2.24, 2.45) is 0 Å². The fourth-order valence-corrected chi connectivity index (χ4v) is 3.04. The number of hydrogen-bond acceptors (Lipinski definition) is 4. The Morgan fingerprint density at radius 3 is 3.18 bits per heavy atom. The van der Waals surface area contributed by atoms with Gasteiger partial charge in [-0.25, -0.2) is 0 Å². The summed E-state index contributed by atoms with van der Waals surface area (Å²) in [5.41, 5.74) is 1.41. The molecule has 0 N–H and O–H groups in total. The highest BCUT2D eigenvalue weighted by Crippen LogP contribution is 2.21. The van der Waals surface area contributed by atoms with E-state index in [2.05, 4.69) is 15.3 Å². The lowest BCUT2D eigenvalue weighted by atomic mass is 10.2. The maximum absolute atomic E-state index is 12.8. The standard InChI is InChI=1S/C15H16N6O/c22-15(12-4-5-14-18-16-11-19(14)9-12)21-8-1-3-13(21)10-20-7-2-6-17-20/h2,4-7,9,11,13H,1,3,8,10H2/t13-/m0/s1. The van der Waals surface area contributed by atoms with Gasteiger partial charge in [-0.1, -0.05) is 0 Å². The molecule has 0 unspecified atom stereocenters. The monoisotopic (exact) mass is 296 g/mol. The van der Waals surface area contributed by atoms with Crippen LogP contribution in [0, 0.1) is 0 Å². The van der Waals surface area contributed by atoms with Crippen LogP contribution in [0.3, 0.4) is 0 Å². The Kier molecular flexibility index (Phi) is 3.10. The normalized spacial score (nSPS) is 18.2. The molecule has 3 aromatic rings. The van der Waals surface area contributed by atoms with Crippen molar-refractivity contribution in [2.45, 2.75) is 25.4 Å². The van der Waals surface area contributed by atoms with Gasteiger partial charge in [0, 0.05) is 25.1 Å².